The standard InChI is InChI=1S/C22H20FN3O4/c1-12-24-21-20(22(28)25-12)15(10-19(27)26-21)13-7-8-17(18(9-13)29-2)30-11-14-5-3-4-6-16(14)23/h3-9,15H,10-11H2,1-2H3,(H2,24,25,26,27,28)/t15-/m1/s1. The molecule has 4 rings (SSSR count). The zero-order chi connectivity index (χ0) is 21.3. The summed E-state index contributed by atoms with van der Waals surface area (Å²) in [4.78, 5) is 31.7. The molecule has 2 heterocycles. The average Bonchev–Trinajstić information content (AvgIpc) is 2.72. The van der Waals surface area contributed by atoms with Crippen LogP contribution >= 0.6 is 0 Å². The number of halogens is 1. The van der Waals surface area contributed by atoms with E-state index < -0.39 is 5.92 Å². The van der Waals surface area contributed by atoms with Crippen molar-refractivity contribution in [2.75, 3.05) is 12.4 Å². The van der Waals surface area contributed by atoms with Crippen molar-refractivity contribution in [3.63, 3.8) is 0 Å². The summed E-state index contributed by atoms with van der Waals surface area (Å²) < 4.78 is 25.0. The fraction of sp³-hybridized carbons (Fsp3) is 0.227. The molecule has 3 aromatic rings. The van der Waals surface area contributed by atoms with Crippen LogP contribution in [0.5, 0.6) is 11.5 Å². The van der Waals surface area contributed by atoms with Crippen LogP contribution in [0.15, 0.2) is 47.3 Å². The normalized spacial score (nSPS) is 15.3. The van der Waals surface area contributed by atoms with Crippen molar-refractivity contribution in [1.82, 2.24) is 9.97 Å². The number of ether oxygens (including phenoxy) is 2. The fourth-order valence-electron chi connectivity index (χ4n) is 3.56. The van der Waals surface area contributed by atoms with Gasteiger partial charge in [-0.2, -0.15) is 0 Å². The van der Waals surface area contributed by atoms with Crippen LogP contribution in [-0.2, 0) is 11.4 Å². The summed E-state index contributed by atoms with van der Waals surface area (Å²) in [6.07, 6.45) is 0.111. The minimum absolute atomic E-state index is 0.0416. The molecule has 8 heteroatoms. The van der Waals surface area contributed by atoms with Crippen LogP contribution in [0.4, 0.5) is 10.2 Å². The van der Waals surface area contributed by atoms with Gasteiger partial charge < -0.3 is 19.8 Å². The number of carbonyl (C=O) groups is 1. The van der Waals surface area contributed by atoms with E-state index in [-0.39, 0.29) is 36.1 Å². The highest BCUT2D eigenvalue weighted by atomic mass is 19.1. The zero-order valence-electron chi connectivity index (χ0n) is 16.5. The van der Waals surface area contributed by atoms with Crippen molar-refractivity contribution >= 4 is 11.7 Å². The second kappa shape index (κ2) is 7.98. The molecule has 1 aliphatic heterocycles. The van der Waals surface area contributed by atoms with Gasteiger partial charge in [-0.15, -0.1) is 0 Å². The maximum absolute atomic E-state index is 13.8. The highest BCUT2D eigenvalue weighted by Gasteiger charge is 2.31. The third-order valence-corrected chi connectivity index (χ3v) is 5.00. The third-order valence-electron chi connectivity index (χ3n) is 5.00. The molecule has 30 heavy (non-hydrogen) atoms. The van der Waals surface area contributed by atoms with E-state index in [2.05, 4.69) is 15.3 Å². The Morgan fingerprint density at radius 1 is 1.17 bits per heavy atom. The fourth-order valence-corrected chi connectivity index (χ4v) is 3.56. The minimum atomic E-state index is -0.472. The van der Waals surface area contributed by atoms with Gasteiger partial charge in [0.05, 0.1) is 12.7 Å². The molecular weight excluding hydrogens is 389 g/mol. The number of fused-ring (bicyclic) bond motifs is 1. The van der Waals surface area contributed by atoms with Gasteiger partial charge in [-0.3, -0.25) is 9.59 Å². The average molecular weight is 409 g/mol. The smallest absolute Gasteiger partial charge is 0.256 e. The maximum atomic E-state index is 13.8. The summed E-state index contributed by atoms with van der Waals surface area (Å²) in [7, 11) is 1.49. The minimum Gasteiger partial charge on any atom is -0.493 e. The quantitative estimate of drug-likeness (QED) is 0.675. The van der Waals surface area contributed by atoms with Crippen LogP contribution in [0.2, 0.25) is 0 Å². The Balaban J connectivity index is 1.66. The molecule has 0 bridgehead atoms. The number of amides is 1. The number of methoxy groups -OCH3 is 1. The topological polar surface area (TPSA) is 93.3 Å². The van der Waals surface area contributed by atoms with Crippen molar-refractivity contribution in [2.45, 2.75) is 25.9 Å². The van der Waals surface area contributed by atoms with Crippen LogP contribution in [0.25, 0.3) is 0 Å². The molecule has 1 amide bonds. The number of hydrogen-bond acceptors (Lipinski definition) is 5. The van der Waals surface area contributed by atoms with Gasteiger partial charge in [0, 0.05) is 17.9 Å². The Kier molecular flexibility index (Phi) is 5.22. The molecule has 2 aromatic carbocycles. The summed E-state index contributed by atoms with van der Waals surface area (Å²) in [6.45, 7) is 1.70. The van der Waals surface area contributed by atoms with E-state index in [9.17, 15) is 14.0 Å². The van der Waals surface area contributed by atoms with Crippen molar-refractivity contribution in [1.29, 1.82) is 0 Å². The molecule has 2 N–H and O–H groups in total. The van der Waals surface area contributed by atoms with Crippen LogP contribution in [0, 0.1) is 12.7 Å². The molecule has 0 fully saturated rings. The van der Waals surface area contributed by atoms with Gasteiger partial charge >= 0.3 is 0 Å². The second-order valence-corrected chi connectivity index (χ2v) is 7.01. The van der Waals surface area contributed by atoms with E-state index in [4.69, 9.17) is 9.47 Å². The Morgan fingerprint density at radius 2 is 1.97 bits per heavy atom. The van der Waals surface area contributed by atoms with Crippen molar-refractivity contribution < 1.29 is 18.7 Å². The molecule has 154 valence electrons. The summed E-state index contributed by atoms with van der Waals surface area (Å²) in [5.41, 5.74) is 1.26. The second-order valence-electron chi connectivity index (χ2n) is 7.01. The SMILES string of the molecule is COc1cc([C@H]2CC(=O)Nc3nc(C)[nH]c(=O)c32)ccc1OCc1ccccc1F. The Morgan fingerprint density at radius 3 is 2.73 bits per heavy atom. The van der Waals surface area contributed by atoms with Crippen molar-refractivity contribution in [3.05, 3.63) is 81.2 Å². The number of rotatable bonds is 5. The molecule has 1 aliphatic rings. The number of aryl methyl sites for hydroxylation is 1. The molecule has 0 spiro atoms. The number of anilines is 1. The van der Waals surface area contributed by atoms with Gasteiger partial charge in [0.2, 0.25) is 5.91 Å². The van der Waals surface area contributed by atoms with Gasteiger partial charge in [-0.05, 0) is 30.7 Å². The number of carbonyl (C=O) groups excluding carboxylic acids is 1. The monoisotopic (exact) mass is 409 g/mol. The number of nitrogens with one attached hydrogen (secondary N) is 2. The van der Waals surface area contributed by atoms with Gasteiger partial charge in [-0.25, -0.2) is 9.37 Å². The van der Waals surface area contributed by atoms with Crippen LogP contribution in [-0.4, -0.2) is 23.0 Å². The van der Waals surface area contributed by atoms with Crippen molar-refractivity contribution in [3.8, 4) is 11.5 Å². The lowest BCUT2D eigenvalue weighted by Crippen LogP contribution is -2.31. The van der Waals surface area contributed by atoms with Crippen molar-refractivity contribution in [2.24, 2.45) is 0 Å². The van der Waals surface area contributed by atoms with Crippen LogP contribution in [0.1, 0.15) is 34.9 Å². The Bertz CT molecular complexity index is 1180. The highest BCUT2D eigenvalue weighted by molar-refractivity contribution is 5.94. The van der Waals surface area contributed by atoms with Crippen LogP contribution in [0.3, 0.4) is 0 Å². The number of hydrogen-bond donors (Lipinski definition) is 2. The van der Waals surface area contributed by atoms with E-state index in [1.807, 2.05) is 0 Å². The van der Waals surface area contributed by atoms with Crippen LogP contribution < -0.4 is 20.3 Å². The predicted molar refractivity (Wildman–Crippen MR) is 108 cm³/mol. The molecule has 1 aromatic heterocycles. The van der Waals surface area contributed by atoms with E-state index in [0.717, 1.165) is 5.56 Å². The van der Waals surface area contributed by atoms with Gasteiger partial charge in [-0.1, -0.05) is 24.3 Å². The lowest BCUT2D eigenvalue weighted by atomic mass is 9.86. The number of aromatic amines is 1. The lowest BCUT2D eigenvalue weighted by Gasteiger charge is -2.25. The first kappa shape index (κ1) is 19.6. The largest absolute Gasteiger partial charge is 0.493 e. The first-order chi connectivity index (χ1) is 14.5. The van der Waals surface area contributed by atoms with E-state index in [1.165, 1.54) is 13.2 Å². The molecule has 0 saturated carbocycles. The maximum Gasteiger partial charge on any atom is 0.256 e. The molecule has 1 atom stereocenters. The summed E-state index contributed by atoms with van der Waals surface area (Å²) in [6, 6.07) is 11.6. The highest BCUT2D eigenvalue weighted by Crippen LogP contribution is 2.38. The summed E-state index contributed by atoms with van der Waals surface area (Å²) >= 11 is 0. The van der Waals surface area contributed by atoms with E-state index in [1.54, 1.807) is 43.3 Å². The van der Waals surface area contributed by atoms with Gasteiger partial charge in [0.1, 0.15) is 24.1 Å². The Hall–Kier alpha value is -3.68. The number of aromatic nitrogens is 2. The number of benzene rings is 2. The van der Waals surface area contributed by atoms with Gasteiger partial charge in [0.15, 0.2) is 11.5 Å². The van der Waals surface area contributed by atoms with E-state index >= 15 is 0 Å². The first-order valence-corrected chi connectivity index (χ1v) is 9.41. The third kappa shape index (κ3) is 3.76. The number of H-pyrrole nitrogens is 1. The molecule has 0 aliphatic carbocycles. The zero-order valence-corrected chi connectivity index (χ0v) is 16.5. The van der Waals surface area contributed by atoms with Gasteiger partial charge in [0.25, 0.3) is 5.56 Å². The lowest BCUT2D eigenvalue weighted by molar-refractivity contribution is -0.116. The molecule has 0 saturated heterocycles. The first-order valence-electron chi connectivity index (χ1n) is 9.41. The summed E-state index contributed by atoms with van der Waals surface area (Å²) in [5, 5.41) is 2.66. The number of nitrogens with zero attached hydrogens (tertiary/aromatic N) is 1. The molecular formula is C22H20FN3O4. The van der Waals surface area contributed by atoms with E-state index in [0.29, 0.717) is 28.5 Å². The Labute approximate surface area is 171 Å². The predicted octanol–water partition coefficient (Wildman–Crippen LogP) is 3.28. The molecule has 0 unspecified atom stereocenters. The summed E-state index contributed by atoms with van der Waals surface area (Å²) in [5.74, 6) is 0.517. The molecule has 0 radical (unpaired) electrons. The molecule has 7 nitrogen and oxygen atoms in total.